The van der Waals surface area contributed by atoms with Gasteiger partial charge < -0.3 is 10.4 Å². The summed E-state index contributed by atoms with van der Waals surface area (Å²) < 4.78 is 0. The van der Waals surface area contributed by atoms with Crippen LogP contribution in [-0.2, 0) is 6.42 Å². The van der Waals surface area contributed by atoms with Gasteiger partial charge in [0.05, 0.1) is 6.61 Å². The van der Waals surface area contributed by atoms with E-state index in [2.05, 4.69) is 31.1 Å². The van der Waals surface area contributed by atoms with Gasteiger partial charge in [0.15, 0.2) is 0 Å². The first kappa shape index (κ1) is 13.1. The zero-order valence-corrected chi connectivity index (χ0v) is 10.4. The summed E-state index contributed by atoms with van der Waals surface area (Å²) in [5.74, 6) is 0.449. The Hall–Kier alpha value is -0.930. The number of hydrogen-bond acceptors (Lipinski definition) is 3. The molecule has 0 spiro atoms. The van der Waals surface area contributed by atoms with Crippen molar-refractivity contribution in [2.75, 3.05) is 6.61 Å². The SMILES string of the molecule is CC(Cc1ccncc1)N[C@H](CO)C(C)C. The third kappa shape index (κ3) is 4.29. The summed E-state index contributed by atoms with van der Waals surface area (Å²) in [5, 5.41) is 12.7. The summed E-state index contributed by atoms with van der Waals surface area (Å²) in [7, 11) is 0. The molecule has 0 radical (unpaired) electrons. The van der Waals surface area contributed by atoms with Crippen molar-refractivity contribution < 1.29 is 5.11 Å². The maximum Gasteiger partial charge on any atom is 0.0587 e. The Morgan fingerprint density at radius 1 is 1.25 bits per heavy atom. The highest BCUT2D eigenvalue weighted by Crippen LogP contribution is 2.06. The lowest BCUT2D eigenvalue weighted by molar-refractivity contribution is 0.201. The molecule has 1 heterocycles. The minimum Gasteiger partial charge on any atom is -0.395 e. The van der Waals surface area contributed by atoms with Gasteiger partial charge in [0.1, 0.15) is 0 Å². The van der Waals surface area contributed by atoms with Crippen molar-refractivity contribution in [3.05, 3.63) is 30.1 Å². The average molecular weight is 222 g/mol. The highest BCUT2D eigenvalue weighted by atomic mass is 16.3. The van der Waals surface area contributed by atoms with Crippen molar-refractivity contribution in [2.24, 2.45) is 5.92 Å². The molecule has 16 heavy (non-hydrogen) atoms. The van der Waals surface area contributed by atoms with Gasteiger partial charge in [-0.2, -0.15) is 0 Å². The van der Waals surface area contributed by atoms with Crippen molar-refractivity contribution in [3.63, 3.8) is 0 Å². The second-order valence-electron chi connectivity index (χ2n) is 4.66. The maximum absolute atomic E-state index is 9.24. The van der Waals surface area contributed by atoms with Crippen LogP contribution < -0.4 is 5.32 Å². The van der Waals surface area contributed by atoms with Crippen molar-refractivity contribution in [3.8, 4) is 0 Å². The zero-order chi connectivity index (χ0) is 12.0. The van der Waals surface area contributed by atoms with E-state index in [1.165, 1.54) is 5.56 Å². The molecular weight excluding hydrogens is 200 g/mol. The van der Waals surface area contributed by atoms with E-state index in [4.69, 9.17) is 0 Å². The topological polar surface area (TPSA) is 45.2 Å². The monoisotopic (exact) mass is 222 g/mol. The fraction of sp³-hybridized carbons (Fsp3) is 0.615. The van der Waals surface area contributed by atoms with Gasteiger partial charge in [-0.25, -0.2) is 0 Å². The highest BCUT2D eigenvalue weighted by molar-refractivity contribution is 5.11. The molecule has 0 saturated heterocycles. The summed E-state index contributed by atoms with van der Waals surface area (Å²) in [6, 6.07) is 4.60. The molecule has 0 aliphatic heterocycles. The molecule has 1 aromatic heterocycles. The number of aliphatic hydroxyl groups excluding tert-OH is 1. The van der Waals surface area contributed by atoms with Gasteiger partial charge in [-0.05, 0) is 37.0 Å². The van der Waals surface area contributed by atoms with E-state index in [1.807, 2.05) is 24.5 Å². The van der Waals surface area contributed by atoms with Crippen LogP contribution in [0, 0.1) is 5.92 Å². The van der Waals surface area contributed by atoms with Crippen LogP contribution in [0.15, 0.2) is 24.5 Å². The number of aromatic nitrogens is 1. The Bertz CT molecular complexity index is 287. The standard InChI is InChI=1S/C13H22N2O/c1-10(2)13(9-16)15-11(3)8-12-4-6-14-7-5-12/h4-7,10-11,13,15-16H,8-9H2,1-3H3/t11?,13-/m1/s1. The van der Waals surface area contributed by atoms with E-state index in [-0.39, 0.29) is 12.6 Å². The van der Waals surface area contributed by atoms with Gasteiger partial charge in [-0.3, -0.25) is 4.98 Å². The van der Waals surface area contributed by atoms with Crippen LogP contribution in [0.3, 0.4) is 0 Å². The fourth-order valence-corrected chi connectivity index (χ4v) is 1.75. The van der Waals surface area contributed by atoms with Gasteiger partial charge in [0, 0.05) is 24.5 Å². The summed E-state index contributed by atoms with van der Waals surface area (Å²) in [6.07, 6.45) is 4.59. The molecule has 1 rings (SSSR count). The van der Waals surface area contributed by atoms with Crippen LogP contribution in [0.25, 0.3) is 0 Å². The van der Waals surface area contributed by atoms with E-state index >= 15 is 0 Å². The molecular formula is C13H22N2O. The fourth-order valence-electron chi connectivity index (χ4n) is 1.75. The van der Waals surface area contributed by atoms with Crippen molar-refractivity contribution in [1.82, 2.24) is 10.3 Å². The summed E-state index contributed by atoms with van der Waals surface area (Å²) >= 11 is 0. The molecule has 0 amide bonds. The van der Waals surface area contributed by atoms with E-state index in [0.29, 0.717) is 12.0 Å². The molecule has 0 aliphatic rings. The predicted molar refractivity (Wildman–Crippen MR) is 66.3 cm³/mol. The minimum absolute atomic E-state index is 0.178. The van der Waals surface area contributed by atoms with Gasteiger partial charge in [-0.1, -0.05) is 13.8 Å². The molecule has 3 nitrogen and oxygen atoms in total. The highest BCUT2D eigenvalue weighted by Gasteiger charge is 2.14. The van der Waals surface area contributed by atoms with Gasteiger partial charge in [0.2, 0.25) is 0 Å². The van der Waals surface area contributed by atoms with Gasteiger partial charge >= 0.3 is 0 Å². The molecule has 0 aromatic carbocycles. The first-order valence-corrected chi connectivity index (χ1v) is 5.89. The van der Waals surface area contributed by atoms with Gasteiger partial charge in [0.25, 0.3) is 0 Å². The van der Waals surface area contributed by atoms with Crippen molar-refractivity contribution in [2.45, 2.75) is 39.3 Å². The lowest BCUT2D eigenvalue weighted by atomic mass is 10.0. The largest absolute Gasteiger partial charge is 0.395 e. The zero-order valence-electron chi connectivity index (χ0n) is 10.4. The first-order chi connectivity index (χ1) is 7.63. The van der Waals surface area contributed by atoms with E-state index in [0.717, 1.165) is 6.42 Å². The molecule has 0 fully saturated rings. The van der Waals surface area contributed by atoms with E-state index in [1.54, 1.807) is 0 Å². The maximum atomic E-state index is 9.24. The van der Waals surface area contributed by atoms with Crippen molar-refractivity contribution in [1.29, 1.82) is 0 Å². The number of pyridine rings is 1. The van der Waals surface area contributed by atoms with E-state index < -0.39 is 0 Å². The minimum atomic E-state index is 0.178. The quantitative estimate of drug-likeness (QED) is 0.769. The second kappa shape index (κ2) is 6.61. The Balaban J connectivity index is 2.44. The second-order valence-corrected chi connectivity index (χ2v) is 4.66. The lowest BCUT2D eigenvalue weighted by Gasteiger charge is -2.24. The van der Waals surface area contributed by atoms with Crippen LogP contribution in [0.5, 0.6) is 0 Å². The summed E-state index contributed by atoms with van der Waals surface area (Å²) in [5.41, 5.74) is 1.27. The van der Waals surface area contributed by atoms with Crippen LogP contribution in [0.2, 0.25) is 0 Å². The molecule has 2 N–H and O–H groups in total. The molecule has 1 unspecified atom stereocenters. The number of rotatable bonds is 6. The third-order valence-corrected chi connectivity index (χ3v) is 2.79. The smallest absolute Gasteiger partial charge is 0.0587 e. The normalized spacial score (nSPS) is 15.1. The number of nitrogens with zero attached hydrogens (tertiary/aromatic N) is 1. The first-order valence-electron chi connectivity index (χ1n) is 5.89. The Morgan fingerprint density at radius 2 is 1.88 bits per heavy atom. The van der Waals surface area contributed by atoms with Crippen LogP contribution in [0.4, 0.5) is 0 Å². The Kier molecular flexibility index (Phi) is 5.43. The Labute approximate surface area is 97.9 Å². The van der Waals surface area contributed by atoms with Crippen LogP contribution in [-0.4, -0.2) is 28.8 Å². The summed E-state index contributed by atoms with van der Waals surface area (Å²) in [4.78, 5) is 4.00. The number of hydrogen-bond donors (Lipinski definition) is 2. The number of aliphatic hydroxyl groups is 1. The summed E-state index contributed by atoms with van der Waals surface area (Å²) in [6.45, 7) is 6.57. The average Bonchev–Trinajstić information content (AvgIpc) is 2.27. The van der Waals surface area contributed by atoms with Crippen LogP contribution in [0.1, 0.15) is 26.3 Å². The molecule has 0 saturated carbocycles. The number of nitrogens with one attached hydrogen (secondary N) is 1. The van der Waals surface area contributed by atoms with Crippen molar-refractivity contribution >= 4 is 0 Å². The molecule has 0 aliphatic carbocycles. The Morgan fingerprint density at radius 3 is 2.38 bits per heavy atom. The molecule has 90 valence electrons. The lowest BCUT2D eigenvalue weighted by Crippen LogP contribution is -2.43. The predicted octanol–water partition coefficient (Wildman–Crippen LogP) is 1.62. The molecule has 3 heteroatoms. The molecule has 0 bridgehead atoms. The van der Waals surface area contributed by atoms with E-state index in [9.17, 15) is 5.11 Å². The molecule has 1 aromatic rings. The van der Waals surface area contributed by atoms with Crippen LogP contribution >= 0.6 is 0 Å². The third-order valence-electron chi connectivity index (χ3n) is 2.79. The molecule has 2 atom stereocenters. The van der Waals surface area contributed by atoms with Gasteiger partial charge in [-0.15, -0.1) is 0 Å².